The smallest absolute Gasteiger partial charge is 0.293 e. The van der Waals surface area contributed by atoms with Crippen molar-refractivity contribution >= 4 is 51.6 Å². The number of aromatic nitrogens is 3. The number of halogens is 2. The van der Waals surface area contributed by atoms with Gasteiger partial charge in [-0.15, -0.1) is 10.2 Å². The number of benzene rings is 3. The lowest BCUT2D eigenvalue weighted by Crippen LogP contribution is -2.34. The summed E-state index contributed by atoms with van der Waals surface area (Å²) in [6, 6.07) is 19.9. The Bertz CT molecular complexity index is 1580. The lowest BCUT2D eigenvalue weighted by atomic mass is 10.2. The Morgan fingerprint density at radius 3 is 2.51 bits per heavy atom. The number of rotatable bonds is 4. The zero-order valence-corrected chi connectivity index (χ0v) is 19.8. The molecule has 0 saturated heterocycles. The van der Waals surface area contributed by atoms with Crippen LogP contribution in [0.3, 0.4) is 0 Å². The van der Waals surface area contributed by atoms with Gasteiger partial charge in [0.05, 0.1) is 5.69 Å². The van der Waals surface area contributed by atoms with Crippen LogP contribution in [0.2, 0.25) is 5.02 Å². The first-order chi connectivity index (χ1) is 16.9. The molecule has 1 amide bonds. The maximum Gasteiger partial charge on any atom is 0.293 e. The second-order valence-corrected chi connectivity index (χ2v) is 8.55. The quantitative estimate of drug-likeness (QED) is 0.295. The first kappa shape index (κ1) is 22.7. The standard InChI is InChI=1S/C25H17ClFN5O2S/c1-14-11-20-21(31-32(30-20)18-7-5-17(27)6-8-18)13-19(14)28-25(35)29-24(33)23-10-9-22(34-23)15-3-2-4-16(26)12-15/h2-13H,1H3,(H2,28,29,33,35). The van der Waals surface area contributed by atoms with E-state index in [1.807, 2.05) is 19.1 Å². The second-order valence-electron chi connectivity index (χ2n) is 7.70. The van der Waals surface area contributed by atoms with E-state index >= 15 is 0 Å². The average Bonchev–Trinajstić information content (AvgIpc) is 3.47. The molecular formula is C25H17ClFN5O2S. The number of aryl methyl sites for hydroxylation is 1. The zero-order chi connectivity index (χ0) is 24.5. The molecule has 2 aromatic heterocycles. The van der Waals surface area contributed by atoms with Crippen molar-refractivity contribution in [3.63, 3.8) is 0 Å². The van der Waals surface area contributed by atoms with Gasteiger partial charge in [0.2, 0.25) is 0 Å². The van der Waals surface area contributed by atoms with Gasteiger partial charge in [0.1, 0.15) is 22.6 Å². The molecule has 7 nitrogen and oxygen atoms in total. The van der Waals surface area contributed by atoms with E-state index in [0.29, 0.717) is 33.2 Å². The van der Waals surface area contributed by atoms with E-state index in [9.17, 15) is 9.18 Å². The van der Waals surface area contributed by atoms with Crippen LogP contribution in [0.25, 0.3) is 28.0 Å². The molecule has 0 aliphatic heterocycles. The van der Waals surface area contributed by atoms with Gasteiger partial charge in [-0.05, 0) is 85.4 Å². The molecule has 0 spiro atoms. The molecule has 0 unspecified atom stereocenters. The molecule has 35 heavy (non-hydrogen) atoms. The van der Waals surface area contributed by atoms with Gasteiger partial charge in [-0.2, -0.15) is 4.80 Å². The van der Waals surface area contributed by atoms with Crippen molar-refractivity contribution in [2.45, 2.75) is 6.92 Å². The van der Waals surface area contributed by atoms with Crippen LogP contribution in [0, 0.1) is 12.7 Å². The van der Waals surface area contributed by atoms with Crippen LogP contribution in [0.15, 0.2) is 77.2 Å². The van der Waals surface area contributed by atoms with Crippen molar-refractivity contribution in [2.75, 3.05) is 5.32 Å². The third-order valence-electron chi connectivity index (χ3n) is 5.20. The fourth-order valence-electron chi connectivity index (χ4n) is 3.47. The molecule has 0 fully saturated rings. The van der Waals surface area contributed by atoms with E-state index < -0.39 is 5.91 Å². The Labute approximate surface area is 209 Å². The Morgan fingerprint density at radius 1 is 1.03 bits per heavy atom. The maximum absolute atomic E-state index is 13.2. The summed E-state index contributed by atoms with van der Waals surface area (Å²) in [4.78, 5) is 14.1. The molecule has 0 aliphatic carbocycles. The Kier molecular flexibility index (Phi) is 6.02. The number of carbonyl (C=O) groups is 1. The minimum absolute atomic E-state index is 0.101. The molecule has 0 bridgehead atoms. The Hall–Kier alpha value is -4.08. The number of nitrogens with one attached hydrogen (secondary N) is 2. The van der Waals surface area contributed by atoms with Crippen LogP contribution >= 0.6 is 23.8 Å². The highest BCUT2D eigenvalue weighted by atomic mass is 35.5. The molecule has 2 heterocycles. The SMILES string of the molecule is Cc1cc2nn(-c3ccc(F)cc3)nc2cc1NC(=S)NC(=O)c1ccc(-c2cccc(Cl)c2)o1. The van der Waals surface area contributed by atoms with Crippen LogP contribution in [0.5, 0.6) is 0 Å². The van der Waals surface area contributed by atoms with E-state index in [4.69, 9.17) is 28.2 Å². The van der Waals surface area contributed by atoms with Crippen LogP contribution in [0.4, 0.5) is 10.1 Å². The highest BCUT2D eigenvalue weighted by Gasteiger charge is 2.15. The third-order valence-corrected chi connectivity index (χ3v) is 5.64. The minimum atomic E-state index is -0.489. The van der Waals surface area contributed by atoms with Crippen molar-refractivity contribution in [3.8, 4) is 17.0 Å². The largest absolute Gasteiger partial charge is 0.451 e. The van der Waals surface area contributed by atoms with Crippen molar-refractivity contribution in [3.05, 3.63) is 95.0 Å². The Balaban J connectivity index is 1.30. The molecular weight excluding hydrogens is 489 g/mol. The molecule has 0 radical (unpaired) electrons. The van der Waals surface area contributed by atoms with E-state index in [2.05, 4.69) is 20.8 Å². The molecule has 3 aromatic carbocycles. The van der Waals surface area contributed by atoms with Crippen molar-refractivity contribution < 1.29 is 13.6 Å². The molecule has 2 N–H and O–H groups in total. The molecule has 0 aliphatic rings. The summed E-state index contributed by atoms with van der Waals surface area (Å²) in [7, 11) is 0. The molecule has 0 atom stereocenters. The van der Waals surface area contributed by atoms with Gasteiger partial charge < -0.3 is 9.73 Å². The number of furan rings is 1. The van der Waals surface area contributed by atoms with E-state index in [1.54, 1.807) is 48.5 Å². The van der Waals surface area contributed by atoms with Gasteiger partial charge in [-0.1, -0.05) is 23.7 Å². The minimum Gasteiger partial charge on any atom is -0.451 e. The molecule has 174 valence electrons. The van der Waals surface area contributed by atoms with Gasteiger partial charge in [0, 0.05) is 16.3 Å². The normalized spacial score (nSPS) is 10.9. The van der Waals surface area contributed by atoms with Gasteiger partial charge >= 0.3 is 0 Å². The molecule has 5 rings (SSSR count). The number of nitrogens with zero attached hydrogens (tertiary/aromatic N) is 3. The number of hydrogen-bond donors (Lipinski definition) is 2. The highest BCUT2D eigenvalue weighted by molar-refractivity contribution is 7.80. The number of fused-ring (bicyclic) bond motifs is 1. The van der Waals surface area contributed by atoms with Crippen LogP contribution in [-0.2, 0) is 0 Å². The second kappa shape index (κ2) is 9.28. The van der Waals surface area contributed by atoms with E-state index in [0.717, 1.165) is 11.1 Å². The van der Waals surface area contributed by atoms with Crippen molar-refractivity contribution in [1.82, 2.24) is 20.3 Å². The number of hydrogen-bond acceptors (Lipinski definition) is 5. The summed E-state index contributed by atoms with van der Waals surface area (Å²) in [5, 5.41) is 15.2. The van der Waals surface area contributed by atoms with Gasteiger partial charge in [-0.25, -0.2) is 4.39 Å². The lowest BCUT2D eigenvalue weighted by Gasteiger charge is -2.10. The first-order valence-corrected chi connectivity index (χ1v) is 11.3. The fourth-order valence-corrected chi connectivity index (χ4v) is 3.86. The number of amides is 1. The predicted octanol–water partition coefficient (Wildman–Crippen LogP) is 5.91. The van der Waals surface area contributed by atoms with Gasteiger partial charge in [0.25, 0.3) is 5.91 Å². The molecule has 0 saturated carbocycles. The fraction of sp³-hybridized carbons (Fsp3) is 0.0400. The van der Waals surface area contributed by atoms with E-state index in [1.165, 1.54) is 16.9 Å². The van der Waals surface area contributed by atoms with Crippen LogP contribution in [0.1, 0.15) is 16.1 Å². The van der Waals surface area contributed by atoms with Crippen molar-refractivity contribution in [1.29, 1.82) is 0 Å². The number of anilines is 1. The van der Waals surface area contributed by atoms with Gasteiger partial charge in [0.15, 0.2) is 10.9 Å². The van der Waals surface area contributed by atoms with Crippen LogP contribution in [-0.4, -0.2) is 26.0 Å². The summed E-state index contributed by atoms with van der Waals surface area (Å²) < 4.78 is 18.9. The number of thiocarbonyl (C=S) groups is 1. The molecule has 5 aromatic rings. The summed E-state index contributed by atoms with van der Waals surface area (Å²) in [6.45, 7) is 1.88. The van der Waals surface area contributed by atoms with Crippen molar-refractivity contribution in [2.24, 2.45) is 0 Å². The lowest BCUT2D eigenvalue weighted by molar-refractivity contribution is 0.0951. The average molecular weight is 506 g/mol. The predicted molar refractivity (Wildman–Crippen MR) is 136 cm³/mol. The van der Waals surface area contributed by atoms with E-state index in [-0.39, 0.29) is 16.7 Å². The van der Waals surface area contributed by atoms with Gasteiger partial charge in [-0.3, -0.25) is 10.1 Å². The molecule has 10 heteroatoms. The topological polar surface area (TPSA) is 85.0 Å². The summed E-state index contributed by atoms with van der Waals surface area (Å²) in [6.07, 6.45) is 0. The number of carbonyl (C=O) groups excluding carboxylic acids is 1. The highest BCUT2D eigenvalue weighted by Crippen LogP contribution is 2.25. The summed E-state index contributed by atoms with van der Waals surface area (Å²) in [5.74, 6) is -0.198. The maximum atomic E-state index is 13.2. The monoisotopic (exact) mass is 505 g/mol. The van der Waals surface area contributed by atoms with Crippen LogP contribution < -0.4 is 10.6 Å². The third kappa shape index (κ3) is 4.91. The first-order valence-electron chi connectivity index (χ1n) is 10.5. The summed E-state index contributed by atoms with van der Waals surface area (Å²) in [5.41, 5.74) is 4.17. The Morgan fingerprint density at radius 2 is 1.77 bits per heavy atom. The zero-order valence-electron chi connectivity index (χ0n) is 18.3. The summed E-state index contributed by atoms with van der Waals surface area (Å²) >= 11 is 11.4.